The summed E-state index contributed by atoms with van der Waals surface area (Å²) in [6.07, 6.45) is 3.12. The number of hydrogen-bond donors (Lipinski definition) is 1. The molecule has 0 aliphatic heterocycles. The molecule has 1 aromatic heterocycles. The maximum absolute atomic E-state index is 13.5. The van der Waals surface area contributed by atoms with Crippen LogP contribution in [-0.4, -0.2) is 28.9 Å². The van der Waals surface area contributed by atoms with Crippen LogP contribution in [0.25, 0.3) is 10.9 Å². The minimum Gasteiger partial charge on any atom is -0.334 e. The Balaban J connectivity index is 1.71. The predicted octanol–water partition coefficient (Wildman–Crippen LogP) is 4.10. The lowest BCUT2D eigenvalue weighted by Crippen LogP contribution is -2.32. The Kier molecular flexibility index (Phi) is 5.16. The van der Waals surface area contributed by atoms with Crippen molar-refractivity contribution in [3.8, 4) is 0 Å². The van der Waals surface area contributed by atoms with Gasteiger partial charge in [0.1, 0.15) is 0 Å². The van der Waals surface area contributed by atoms with E-state index in [1.54, 1.807) is 0 Å². The third kappa shape index (κ3) is 4.01. The summed E-state index contributed by atoms with van der Waals surface area (Å²) in [6, 6.07) is 20.1. The maximum atomic E-state index is 13.5. The zero-order chi connectivity index (χ0) is 18.6. The summed E-state index contributed by atoms with van der Waals surface area (Å²) in [5, 5.41) is 0.928. The van der Waals surface area contributed by atoms with E-state index < -0.39 is 0 Å². The van der Waals surface area contributed by atoms with Gasteiger partial charge in [-0.3, -0.25) is 9.78 Å². The number of carbonyl (C=O) groups is 1. The van der Waals surface area contributed by atoms with Gasteiger partial charge >= 0.3 is 0 Å². The second-order valence-electron chi connectivity index (χ2n) is 7.24. The summed E-state index contributed by atoms with van der Waals surface area (Å²) in [5.41, 5.74) is 9.57. The fourth-order valence-electron chi connectivity index (χ4n) is 3.47. The van der Waals surface area contributed by atoms with E-state index in [0.29, 0.717) is 25.6 Å². The average Bonchev–Trinajstić information content (AvgIpc) is 3.56. The van der Waals surface area contributed by atoms with E-state index in [1.165, 1.54) is 12.8 Å². The standard InChI is InChI=1S/C23H25N3O/c24-13-6-14-26(16-17-7-2-1-3-8-17)23(27)20-15-22(18-11-12-18)25-21-10-5-4-9-19(20)21/h1-5,7-10,15,18H,6,11-14,16,24H2. The number of nitrogens with zero attached hydrogens (tertiary/aromatic N) is 2. The van der Waals surface area contributed by atoms with Crippen molar-refractivity contribution in [2.75, 3.05) is 13.1 Å². The third-order valence-electron chi connectivity index (χ3n) is 5.10. The van der Waals surface area contributed by atoms with E-state index >= 15 is 0 Å². The van der Waals surface area contributed by atoms with Crippen LogP contribution in [0.1, 0.15) is 46.8 Å². The number of amides is 1. The normalized spacial score (nSPS) is 13.7. The number of fused-ring (bicyclic) bond motifs is 1. The van der Waals surface area contributed by atoms with E-state index in [9.17, 15) is 4.79 Å². The molecule has 1 amide bonds. The molecule has 3 aromatic rings. The highest BCUT2D eigenvalue weighted by molar-refractivity contribution is 6.06. The van der Waals surface area contributed by atoms with Gasteiger partial charge < -0.3 is 10.6 Å². The summed E-state index contributed by atoms with van der Waals surface area (Å²) in [6.45, 7) is 1.82. The zero-order valence-electron chi connectivity index (χ0n) is 15.5. The fraction of sp³-hybridized carbons (Fsp3) is 0.304. The fourth-order valence-corrected chi connectivity index (χ4v) is 3.47. The van der Waals surface area contributed by atoms with Crippen LogP contribution in [0.3, 0.4) is 0 Å². The quantitative estimate of drug-likeness (QED) is 0.691. The van der Waals surface area contributed by atoms with Gasteiger partial charge in [-0.05, 0) is 43.5 Å². The lowest BCUT2D eigenvalue weighted by atomic mass is 10.0. The predicted molar refractivity (Wildman–Crippen MR) is 109 cm³/mol. The summed E-state index contributed by atoms with van der Waals surface area (Å²) in [4.78, 5) is 20.2. The summed E-state index contributed by atoms with van der Waals surface area (Å²) in [7, 11) is 0. The lowest BCUT2D eigenvalue weighted by molar-refractivity contribution is 0.0744. The van der Waals surface area contributed by atoms with Crippen molar-refractivity contribution in [1.82, 2.24) is 9.88 Å². The smallest absolute Gasteiger partial charge is 0.254 e. The molecule has 0 bridgehead atoms. The van der Waals surface area contributed by atoms with Crippen LogP contribution in [0.5, 0.6) is 0 Å². The van der Waals surface area contributed by atoms with Crippen LogP contribution < -0.4 is 5.73 Å². The first-order valence-corrected chi connectivity index (χ1v) is 9.69. The minimum absolute atomic E-state index is 0.0628. The van der Waals surface area contributed by atoms with E-state index in [0.717, 1.165) is 34.1 Å². The highest BCUT2D eigenvalue weighted by Crippen LogP contribution is 2.40. The SMILES string of the molecule is NCCCN(Cc1ccccc1)C(=O)c1cc(C2CC2)nc2ccccc12. The van der Waals surface area contributed by atoms with Gasteiger partial charge in [-0.15, -0.1) is 0 Å². The molecule has 1 aliphatic carbocycles. The van der Waals surface area contributed by atoms with Gasteiger partial charge in [0.15, 0.2) is 0 Å². The molecular weight excluding hydrogens is 334 g/mol. The Morgan fingerprint density at radius 1 is 1.07 bits per heavy atom. The number of aromatic nitrogens is 1. The monoisotopic (exact) mass is 359 g/mol. The number of benzene rings is 2. The molecule has 0 spiro atoms. The number of rotatable bonds is 7. The second-order valence-corrected chi connectivity index (χ2v) is 7.24. The Bertz CT molecular complexity index is 935. The van der Waals surface area contributed by atoms with Gasteiger partial charge in [0.05, 0.1) is 11.1 Å². The van der Waals surface area contributed by atoms with Crippen LogP contribution in [0.4, 0.5) is 0 Å². The lowest BCUT2D eigenvalue weighted by Gasteiger charge is -2.24. The molecule has 1 aliphatic rings. The average molecular weight is 359 g/mol. The van der Waals surface area contributed by atoms with Crippen molar-refractivity contribution in [1.29, 1.82) is 0 Å². The number of para-hydroxylation sites is 1. The molecule has 2 aromatic carbocycles. The molecule has 0 radical (unpaired) electrons. The van der Waals surface area contributed by atoms with Gasteiger partial charge in [0.25, 0.3) is 5.91 Å². The largest absolute Gasteiger partial charge is 0.334 e. The molecule has 1 saturated carbocycles. The first kappa shape index (κ1) is 17.7. The molecule has 138 valence electrons. The van der Waals surface area contributed by atoms with Crippen LogP contribution in [0.15, 0.2) is 60.7 Å². The topological polar surface area (TPSA) is 59.2 Å². The molecule has 1 fully saturated rings. The summed E-state index contributed by atoms with van der Waals surface area (Å²) in [5.74, 6) is 0.570. The second kappa shape index (κ2) is 7.89. The van der Waals surface area contributed by atoms with Crippen LogP contribution in [0.2, 0.25) is 0 Å². The van der Waals surface area contributed by atoms with E-state index in [1.807, 2.05) is 53.4 Å². The Labute approximate surface area is 160 Å². The first-order chi connectivity index (χ1) is 13.3. The minimum atomic E-state index is 0.0628. The van der Waals surface area contributed by atoms with Gasteiger partial charge in [0.2, 0.25) is 0 Å². The van der Waals surface area contributed by atoms with Gasteiger partial charge in [-0.2, -0.15) is 0 Å². The van der Waals surface area contributed by atoms with Gasteiger partial charge in [0, 0.05) is 30.1 Å². The molecular formula is C23H25N3O. The van der Waals surface area contributed by atoms with Crippen molar-refractivity contribution >= 4 is 16.8 Å². The number of pyridine rings is 1. The Morgan fingerprint density at radius 3 is 2.56 bits per heavy atom. The molecule has 2 N–H and O–H groups in total. The Hall–Kier alpha value is -2.72. The summed E-state index contributed by atoms with van der Waals surface area (Å²) >= 11 is 0. The number of hydrogen-bond acceptors (Lipinski definition) is 3. The maximum Gasteiger partial charge on any atom is 0.254 e. The number of carbonyl (C=O) groups excluding carboxylic acids is 1. The molecule has 4 heteroatoms. The van der Waals surface area contributed by atoms with E-state index in [4.69, 9.17) is 10.7 Å². The molecule has 0 atom stereocenters. The molecule has 1 heterocycles. The third-order valence-corrected chi connectivity index (χ3v) is 5.10. The van der Waals surface area contributed by atoms with Crippen molar-refractivity contribution in [3.05, 3.63) is 77.5 Å². The summed E-state index contributed by atoms with van der Waals surface area (Å²) < 4.78 is 0. The molecule has 4 rings (SSSR count). The van der Waals surface area contributed by atoms with Crippen LogP contribution >= 0.6 is 0 Å². The van der Waals surface area contributed by atoms with Crippen LogP contribution in [-0.2, 0) is 6.54 Å². The van der Waals surface area contributed by atoms with E-state index in [2.05, 4.69) is 12.1 Å². The first-order valence-electron chi connectivity index (χ1n) is 9.69. The molecule has 0 unspecified atom stereocenters. The van der Waals surface area contributed by atoms with Crippen molar-refractivity contribution in [3.63, 3.8) is 0 Å². The molecule has 0 saturated heterocycles. The van der Waals surface area contributed by atoms with Crippen molar-refractivity contribution in [2.24, 2.45) is 5.73 Å². The van der Waals surface area contributed by atoms with Crippen molar-refractivity contribution in [2.45, 2.75) is 31.7 Å². The van der Waals surface area contributed by atoms with Crippen LogP contribution in [0, 0.1) is 0 Å². The van der Waals surface area contributed by atoms with Gasteiger partial charge in [-0.25, -0.2) is 0 Å². The number of nitrogens with two attached hydrogens (primary N) is 1. The highest BCUT2D eigenvalue weighted by Gasteiger charge is 2.28. The molecule has 4 nitrogen and oxygen atoms in total. The zero-order valence-corrected chi connectivity index (χ0v) is 15.5. The van der Waals surface area contributed by atoms with E-state index in [-0.39, 0.29) is 5.91 Å². The Morgan fingerprint density at radius 2 is 1.81 bits per heavy atom. The molecule has 27 heavy (non-hydrogen) atoms. The van der Waals surface area contributed by atoms with Gasteiger partial charge in [-0.1, -0.05) is 48.5 Å². The van der Waals surface area contributed by atoms with Crippen molar-refractivity contribution < 1.29 is 4.79 Å². The highest BCUT2D eigenvalue weighted by atomic mass is 16.2.